The van der Waals surface area contributed by atoms with E-state index in [2.05, 4.69) is 0 Å². The van der Waals surface area contributed by atoms with Crippen LogP contribution in [0.2, 0.25) is 0 Å². The zero-order valence-corrected chi connectivity index (χ0v) is 11.4. The number of carbonyl (C=O) groups is 1. The molecule has 1 amide bonds. The molecule has 5 heteroatoms. The van der Waals surface area contributed by atoms with Gasteiger partial charge in [0.15, 0.2) is 0 Å². The van der Waals surface area contributed by atoms with E-state index in [9.17, 15) is 4.79 Å². The molecule has 2 N–H and O–H groups in total. The van der Waals surface area contributed by atoms with Crippen LogP contribution in [0.4, 0.5) is 0 Å². The number of hydroxylamine groups is 1. The first-order valence-corrected chi connectivity index (χ1v) is 6.26. The topological polar surface area (TPSA) is 67.8 Å². The van der Waals surface area contributed by atoms with Crippen molar-refractivity contribution >= 4 is 12.0 Å². The van der Waals surface area contributed by atoms with Crippen LogP contribution in [0, 0.1) is 0 Å². The van der Waals surface area contributed by atoms with Crippen molar-refractivity contribution in [3.63, 3.8) is 0 Å². The van der Waals surface area contributed by atoms with Crippen LogP contribution >= 0.6 is 0 Å². The fraction of sp³-hybridized carbons (Fsp3) is 0.0625. The minimum absolute atomic E-state index is 0.591. The van der Waals surface area contributed by atoms with Crippen LogP contribution in [0.3, 0.4) is 0 Å². The van der Waals surface area contributed by atoms with Gasteiger partial charge in [0.1, 0.15) is 17.2 Å². The van der Waals surface area contributed by atoms with Crippen molar-refractivity contribution in [3.05, 3.63) is 60.2 Å². The molecule has 0 unspecified atom stereocenters. The summed E-state index contributed by atoms with van der Waals surface area (Å²) in [5, 5.41) is 8.48. The van der Waals surface area contributed by atoms with Crippen molar-refractivity contribution in [2.45, 2.75) is 0 Å². The standard InChI is InChI=1S/C16H15NO4/c1-20-13-6-4-7-14(11-13)21-15-8-3-2-5-12(15)9-10-16(18)17-19/h2-11,19H,1H3,(H,17,18)/b10-9+. The van der Waals surface area contributed by atoms with E-state index in [-0.39, 0.29) is 0 Å². The molecule has 5 nitrogen and oxygen atoms in total. The van der Waals surface area contributed by atoms with Crippen LogP contribution in [0.15, 0.2) is 54.6 Å². The lowest BCUT2D eigenvalue weighted by molar-refractivity contribution is -0.124. The Morgan fingerprint density at radius 1 is 1.14 bits per heavy atom. The number of amides is 1. The molecule has 0 aromatic heterocycles. The number of ether oxygens (including phenoxy) is 2. The zero-order chi connectivity index (χ0) is 15.1. The number of nitrogens with one attached hydrogen (secondary N) is 1. The lowest BCUT2D eigenvalue weighted by atomic mass is 10.2. The highest BCUT2D eigenvalue weighted by atomic mass is 16.5. The first kappa shape index (κ1) is 14.6. The molecular weight excluding hydrogens is 270 g/mol. The van der Waals surface area contributed by atoms with Gasteiger partial charge in [-0.3, -0.25) is 10.0 Å². The highest BCUT2D eigenvalue weighted by molar-refractivity contribution is 5.91. The molecule has 0 aliphatic rings. The van der Waals surface area contributed by atoms with Crippen molar-refractivity contribution in [3.8, 4) is 17.2 Å². The Labute approximate surface area is 122 Å². The third kappa shape index (κ3) is 4.09. The van der Waals surface area contributed by atoms with Gasteiger partial charge >= 0.3 is 0 Å². The largest absolute Gasteiger partial charge is 0.497 e. The monoisotopic (exact) mass is 285 g/mol. The van der Waals surface area contributed by atoms with E-state index >= 15 is 0 Å². The number of methoxy groups -OCH3 is 1. The number of benzene rings is 2. The van der Waals surface area contributed by atoms with Gasteiger partial charge in [-0.25, -0.2) is 5.48 Å². The maximum absolute atomic E-state index is 11.0. The second-order valence-electron chi connectivity index (χ2n) is 4.13. The van der Waals surface area contributed by atoms with Gasteiger partial charge in [-0.05, 0) is 24.3 Å². The Hall–Kier alpha value is -2.79. The molecule has 2 rings (SSSR count). The number of hydrogen-bond acceptors (Lipinski definition) is 4. The van der Waals surface area contributed by atoms with E-state index in [1.807, 2.05) is 30.3 Å². The van der Waals surface area contributed by atoms with Gasteiger partial charge in [-0.15, -0.1) is 0 Å². The summed E-state index contributed by atoms with van der Waals surface area (Å²) in [4.78, 5) is 11.0. The number of para-hydroxylation sites is 1. The summed E-state index contributed by atoms with van der Waals surface area (Å²) in [7, 11) is 1.59. The fourth-order valence-electron chi connectivity index (χ4n) is 1.71. The van der Waals surface area contributed by atoms with E-state index < -0.39 is 5.91 Å². The van der Waals surface area contributed by atoms with Gasteiger partial charge < -0.3 is 9.47 Å². The van der Waals surface area contributed by atoms with Crippen LogP contribution < -0.4 is 15.0 Å². The van der Waals surface area contributed by atoms with Gasteiger partial charge in [-0.1, -0.05) is 24.3 Å². The highest BCUT2D eigenvalue weighted by Gasteiger charge is 2.03. The molecule has 0 aliphatic heterocycles. The fourth-order valence-corrected chi connectivity index (χ4v) is 1.71. The van der Waals surface area contributed by atoms with Crippen LogP contribution in [0.1, 0.15) is 5.56 Å². The molecule has 0 radical (unpaired) electrons. The van der Waals surface area contributed by atoms with E-state index in [1.54, 1.807) is 31.4 Å². The average Bonchev–Trinajstić information content (AvgIpc) is 2.54. The lowest BCUT2D eigenvalue weighted by Crippen LogP contribution is -2.14. The normalized spacial score (nSPS) is 10.4. The van der Waals surface area contributed by atoms with E-state index in [4.69, 9.17) is 14.7 Å². The Balaban J connectivity index is 2.23. The maximum atomic E-state index is 11.0. The van der Waals surface area contributed by atoms with Crippen molar-refractivity contribution in [1.82, 2.24) is 5.48 Å². The molecule has 108 valence electrons. The first-order chi connectivity index (χ1) is 10.2. The molecular formula is C16H15NO4. The van der Waals surface area contributed by atoms with Crippen LogP contribution in [0.5, 0.6) is 17.2 Å². The summed E-state index contributed by atoms with van der Waals surface area (Å²) < 4.78 is 10.9. The molecule has 0 fully saturated rings. The second kappa shape index (κ2) is 7.12. The summed E-state index contributed by atoms with van der Waals surface area (Å²) in [6.07, 6.45) is 2.77. The minimum Gasteiger partial charge on any atom is -0.497 e. The van der Waals surface area contributed by atoms with Crippen LogP contribution in [0.25, 0.3) is 6.08 Å². The lowest BCUT2D eigenvalue weighted by Gasteiger charge is -2.09. The van der Waals surface area contributed by atoms with Crippen molar-refractivity contribution in [2.75, 3.05) is 7.11 Å². The maximum Gasteiger partial charge on any atom is 0.267 e. The van der Waals surface area contributed by atoms with E-state index in [0.717, 1.165) is 0 Å². The average molecular weight is 285 g/mol. The summed E-state index contributed by atoms with van der Waals surface area (Å²) >= 11 is 0. The molecule has 0 bridgehead atoms. The highest BCUT2D eigenvalue weighted by Crippen LogP contribution is 2.28. The molecule has 0 heterocycles. The zero-order valence-electron chi connectivity index (χ0n) is 11.4. The molecule has 2 aromatic rings. The molecule has 0 aliphatic carbocycles. The smallest absolute Gasteiger partial charge is 0.267 e. The number of carbonyl (C=O) groups excluding carboxylic acids is 1. The summed E-state index contributed by atoms with van der Waals surface area (Å²) in [6.45, 7) is 0. The van der Waals surface area contributed by atoms with Crippen molar-refractivity contribution in [1.29, 1.82) is 0 Å². The van der Waals surface area contributed by atoms with Gasteiger partial charge in [0.25, 0.3) is 5.91 Å². The van der Waals surface area contributed by atoms with E-state index in [1.165, 1.54) is 11.6 Å². The summed E-state index contributed by atoms with van der Waals surface area (Å²) in [5.74, 6) is 1.31. The number of hydrogen-bond donors (Lipinski definition) is 2. The predicted molar refractivity (Wildman–Crippen MR) is 78.5 cm³/mol. The van der Waals surface area contributed by atoms with E-state index in [0.29, 0.717) is 22.8 Å². The van der Waals surface area contributed by atoms with Crippen molar-refractivity contribution < 1.29 is 19.5 Å². The Morgan fingerprint density at radius 2 is 1.90 bits per heavy atom. The first-order valence-electron chi connectivity index (χ1n) is 6.26. The van der Waals surface area contributed by atoms with Crippen LogP contribution in [-0.4, -0.2) is 18.2 Å². The predicted octanol–water partition coefficient (Wildman–Crippen LogP) is 3.01. The third-order valence-corrected chi connectivity index (χ3v) is 2.71. The Kier molecular flexibility index (Phi) is 4.95. The summed E-state index contributed by atoms with van der Waals surface area (Å²) in [6, 6.07) is 14.5. The summed E-state index contributed by atoms with van der Waals surface area (Å²) in [5.41, 5.74) is 2.25. The third-order valence-electron chi connectivity index (χ3n) is 2.71. The SMILES string of the molecule is COc1cccc(Oc2ccccc2/C=C/C(=O)NO)c1. The quantitative estimate of drug-likeness (QED) is 0.503. The van der Waals surface area contributed by atoms with Gasteiger partial charge in [0.05, 0.1) is 7.11 Å². The molecule has 0 saturated carbocycles. The minimum atomic E-state index is -0.605. The molecule has 21 heavy (non-hydrogen) atoms. The molecule has 0 spiro atoms. The Morgan fingerprint density at radius 3 is 2.67 bits per heavy atom. The molecule has 0 saturated heterocycles. The van der Waals surface area contributed by atoms with Gasteiger partial charge in [0, 0.05) is 17.7 Å². The molecule has 2 aromatic carbocycles. The molecule has 0 atom stereocenters. The number of rotatable bonds is 5. The van der Waals surface area contributed by atoms with Crippen molar-refractivity contribution in [2.24, 2.45) is 0 Å². The van der Waals surface area contributed by atoms with Gasteiger partial charge in [0.2, 0.25) is 0 Å². The Bertz CT molecular complexity index is 652. The van der Waals surface area contributed by atoms with Crippen LogP contribution in [-0.2, 0) is 4.79 Å². The second-order valence-corrected chi connectivity index (χ2v) is 4.13. The van der Waals surface area contributed by atoms with Gasteiger partial charge in [-0.2, -0.15) is 0 Å².